The summed E-state index contributed by atoms with van der Waals surface area (Å²) in [5.41, 5.74) is 4.53. The molecule has 0 spiro atoms. The first kappa shape index (κ1) is 9.06. The molecule has 0 radical (unpaired) electrons. The van der Waals surface area contributed by atoms with Gasteiger partial charge in [-0.05, 0) is 17.0 Å². The molecule has 0 aromatic rings. The maximum absolute atomic E-state index is 9.47. The molecule has 0 aliphatic carbocycles. The van der Waals surface area contributed by atoms with Crippen molar-refractivity contribution in [2.75, 3.05) is 0 Å². The van der Waals surface area contributed by atoms with E-state index in [4.69, 9.17) is 0 Å². The standard InChI is InChI=1S/C3H5NO.H4Si/c1-2-3(4)5;/h2H,1H2,(H2,4,5);1H4. The van der Waals surface area contributed by atoms with Crippen LogP contribution < -0.4 is 5.73 Å². The number of carbonyl (C=O) groups is 1. The number of hydrogen-bond donors (Lipinski definition) is 1. The highest BCUT2D eigenvalue weighted by Crippen LogP contribution is 1.48. The summed E-state index contributed by atoms with van der Waals surface area (Å²) in [5.74, 6) is -0.481. The van der Waals surface area contributed by atoms with E-state index >= 15 is 0 Å². The molecule has 0 fully saturated rings. The lowest BCUT2D eigenvalue weighted by molar-refractivity contribution is -0.113. The molecule has 2 nitrogen and oxygen atoms in total. The van der Waals surface area contributed by atoms with Crippen LogP contribution in [0.4, 0.5) is 0 Å². The number of nitrogens with two attached hydrogens (primary N) is 1. The first-order chi connectivity index (χ1) is 2.27. The fourth-order valence-corrected chi connectivity index (χ4v) is 0. The van der Waals surface area contributed by atoms with Gasteiger partial charge >= 0.3 is 0 Å². The van der Waals surface area contributed by atoms with Crippen molar-refractivity contribution in [3.05, 3.63) is 12.7 Å². The minimum Gasteiger partial charge on any atom is -0.366 e. The van der Waals surface area contributed by atoms with Gasteiger partial charge in [0.15, 0.2) is 0 Å². The summed E-state index contributed by atoms with van der Waals surface area (Å²) in [4.78, 5) is 9.47. The minimum absolute atomic E-state index is 0. The van der Waals surface area contributed by atoms with E-state index in [-0.39, 0.29) is 11.0 Å². The quantitative estimate of drug-likeness (QED) is 0.309. The van der Waals surface area contributed by atoms with Gasteiger partial charge in [-0.25, -0.2) is 0 Å². The average molecular weight is 103 g/mol. The van der Waals surface area contributed by atoms with Crippen molar-refractivity contribution >= 4 is 16.9 Å². The molecule has 0 unspecified atom stereocenters. The third-order valence-corrected chi connectivity index (χ3v) is 0.201. The summed E-state index contributed by atoms with van der Waals surface area (Å²) in [7, 11) is 0. The van der Waals surface area contributed by atoms with E-state index in [0.717, 1.165) is 6.08 Å². The molecule has 0 aromatic carbocycles. The molecule has 0 rings (SSSR count). The topological polar surface area (TPSA) is 43.1 Å². The molecule has 6 heavy (non-hydrogen) atoms. The van der Waals surface area contributed by atoms with Crippen LogP contribution in [0.2, 0.25) is 0 Å². The Labute approximate surface area is 41.1 Å². The molecule has 0 saturated carbocycles. The Balaban J connectivity index is 0. The molecule has 3 heteroatoms. The van der Waals surface area contributed by atoms with Crippen molar-refractivity contribution in [3.63, 3.8) is 0 Å². The summed E-state index contributed by atoms with van der Waals surface area (Å²) in [6, 6.07) is 0. The Hall–Kier alpha value is -0.573. The summed E-state index contributed by atoms with van der Waals surface area (Å²) >= 11 is 0. The fourth-order valence-electron chi connectivity index (χ4n) is 0. The number of rotatable bonds is 1. The molecule has 0 atom stereocenters. The van der Waals surface area contributed by atoms with Gasteiger partial charge in [0.2, 0.25) is 5.91 Å². The zero-order chi connectivity index (χ0) is 4.28. The van der Waals surface area contributed by atoms with Crippen LogP contribution >= 0.6 is 0 Å². The number of carbonyl (C=O) groups excluding carboxylic acids is 1. The second-order valence-corrected chi connectivity index (χ2v) is 0.606. The molecular formula is C3H9NOSi. The maximum atomic E-state index is 9.47. The van der Waals surface area contributed by atoms with Crippen LogP contribution in [0, 0.1) is 0 Å². The Kier molecular flexibility index (Phi) is 6.68. The van der Waals surface area contributed by atoms with Gasteiger partial charge in [0, 0.05) is 0 Å². The highest BCUT2D eigenvalue weighted by Gasteiger charge is 1.69. The number of hydrogen-bond acceptors (Lipinski definition) is 1. The number of amides is 1. The van der Waals surface area contributed by atoms with Crippen molar-refractivity contribution < 1.29 is 4.79 Å². The van der Waals surface area contributed by atoms with Crippen molar-refractivity contribution in [2.45, 2.75) is 0 Å². The number of primary amides is 1. The molecule has 0 aliphatic heterocycles. The Morgan fingerprint density at radius 3 is 2.00 bits per heavy atom. The van der Waals surface area contributed by atoms with Crippen LogP contribution in [0.5, 0.6) is 0 Å². The van der Waals surface area contributed by atoms with Crippen LogP contribution in [-0.4, -0.2) is 16.9 Å². The normalized spacial score (nSPS) is 5.33. The molecule has 1 amide bonds. The molecule has 0 heterocycles. The van der Waals surface area contributed by atoms with Gasteiger partial charge in [0.05, 0.1) is 0 Å². The third-order valence-electron chi connectivity index (χ3n) is 0.201. The largest absolute Gasteiger partial charge is 0.366 e. The van der Waals surface area contributed by atoms with Crippen molar-refractivity contribution in [1.82, 2.24) is 0 Å². The van der Waals surface area contributed by atoms with E-state index in [9.17, 15) is 4.79 Å². The van der Waals surface area contributed by atoms with E-state index in [2.05, 4.69) is 12.3 Å². The van der Waals surface area contributed by atoms with Crippen LogP contribution in [0.15, 0.2) is 12.7 Å². The first-order valence-corrected chi connectivity index (χ1v) is 1.19. The van der Waals surface area contributed by atoms with Gasteiger partial charge in [-0.2, -0.15) is 0 Å². The molecule has 2 N–H and O–H groups in total. The van der Waals surface area contributed by atoms with E-state index in [1.165, 1.54) is 0 Å². The zero-order valence-corrected chi connectivity index (χ0v) is 2.77. The monoisotopic (exact) mass is 103 g/mol. The van der Waals surface area contributed by atoms with Gasteiger partial charge in [0.25, 0.3) is 0 Å². The van der Waals surface area contributed by atoms with Gasteiger partial charge in [0.1, 0.15) is 0 Å². The van der Waals surface area contributed by atoms with Gasteiger partial charge < -0.3 is 5.73 Å². The Morgan fingerprint density at radius 1 is 1.83 bits per heavy atom. The summed E-state index contributed by atoms with van der Waals surface area (Å²) in [6.07, 6.45) is 1.06. The highest BCUT2D eigenvalue weighted by atomic mass is 28.1. The van der Waals surface area contributed by atoms with E-state index in [0.29, 0.717) is 0 Å². The fraction of sp³-hybridized carbons (Fsp3) is 0. The predicted molar refractivity (Wildman–Crippen MR) is 30.7 cm³/mol. The molecular weight excluding hydrogens is 94.1 g/mol. The lowest BCUT2D eigenvalue weighted by atomic mass is 10.6. The van der Waals surface area contributed by atoms with Crippen LogP contribution in [0.3, 0.4) is 0 Å². The Morgan fingerprint density at radius 2 is 2.00 bits per heavy atom. The van der Waals surface area contributed by atoms with Gasteiger partial charge in [-0.1, -0.05) is 6.58 Å². The van der Waals surface area contributed by atoms with E-state index in [1.54, 1.807) is 0 Å². The van der Waals surface area contributed by atoms with E-state index < -0.39 is 5.91 Å². The summed E-state index contributed by atoms with van der Waals surface area (Å²) < 4.78 is 0. The molecule has 0 saturated heterocycles. The first-order valence-electron chi connectivity index (χ1n) is 1.19. The van der Waals surface area contributed by atoms with Gasteiger partial charge in [-0.15, -0.1) is 0 Å². The Bertz CT molecular complexity index is 61.8. The van der Waals surface area contributed by atoms with Crippen molar-refractivity contribution in [1.29, 1.82) is 0 Å². The second kappa shape index (κ2) is 4.43. The molecule has 0 aliphatic rings. The average Bonchev–Trinajstić information content (AvgIpc) is 1.38. The molecule has 0 bridgehead atoms. The molecule has 36 valence electrons. The SMILES string of the molecule is C=CC(N)=O.[SiH4]. The lowest BCUT2D eigenvalue weighted by Gasteiger charge is -1.65. The third kappa shape index (κ3) is 9.91. The zero-order valence-electron chi connectivity index (χ0n) is 2.77. The van der Waals surface area contributed by atoms with Crippen molar-refractivity contribution in [3.8, 4) is 0 Å². The second-order valence-electron chi connectivity index (χ2n) is 0.606. The summed E-state index contributed by atoms with van der Waals surface area (Å²) in [6.45, 7) is 3.09. The highest BCUT2D eigenvalue weighted by molar-refractivity contribution is 5.84. The lowest BCUT2D eigenvalue weighted by Crippen LogP contribution is -2.04. The van der Waals surface area contributed by atoms with Crippen LogP contribution in [0.25, 0.3) is 0 Å². The van der Waals surface area contributed by atoms with Crippen molar-refractivity contribution in [2.24, 2.45) is 5.73 Å². The maximum Gasteiger partial charge on any atom is 0.240 e. The summed E-state index contributed by atoms with van der Waals surface area (Å²) in [5, 5.41) is 0. The van der Waals surface area contributed by atoms with Crippen LogP contribution in [-0.2, 0) is 4.79 Å². The van der Waals surface area contributed by atoms with E-state index in [1.807, 2.05) is 0 Å². The van der Waals surface area contributed by atoms with Crippen LogP contribution in [0.1, 0.15) is 0 Å². The molecule has 0 aromatic heterocycles. The predicted octanol–water partition coefficient (Wildman–Crippen LogP) is -1.79. The minimum atomic E-state index is -0.481. The van der Waals surface area contributed by atoms with Gasteiger partial charge in [-0.3, -0.25) is 4.79 Å². The smallest absolute Gasteiger partial charge is 0.240 e.